The Morgan fingerprint density at radius 1 is 0.696 bits per heavy atom. The SMILES string of the molecule is CC1(C)c2ccccc2-c2cc3c4cc(-c5ccc(-c6ccc(-c7ccc(/C=C8\SC(=S)N(CC(=O)O)C8=O)s7)s6)cc5)ccc4n(-c4ccccc4)c3cc21. The minimum atomic E-state index is -1.09. The minimum Gasteiger partial charge on any atom is -0.480 e. The number of thiophene rings is 2. The van der Waals surface area contributed by atoms with Crippen molar-refractivity contribution in [2.45, 2.75) is 19.3 Å². The number of thioether (sulfide) groups is 1. The quantitative estimate of drug-likeness (QED) is 0.128. The Bertz CT molecular complexity index is 2970. The first kappa shape index (κ1) is 34.9. The van der Waals surface area contributed by atoms with E-state index in [1.807, 2.05) is 6.07 Å². The molecule has 0 saturated carbocycles. The number of carbonyl (C=O) groups is 2. The number of para-hydroxylation sites is 1. The van der Waals surface area contributed by atoms with Gasteiger partial charge in [0.05, 0.1) is 15.9 Å². The minimum absolute atomic E-state index is 0.0848. The number of hydrogen-bond acceptors (Lipinski definition) is 6. The number of thiocarbonyl (C=S) groups is 1. The summed E-state index contributed by atoms with van der Waals surface area (Å²) in [4.78, 5) is 29.8. The van der Waals surface area contributed by atoms with Crippen molar-refractivity contribution in [1.29, 1.82) is 0 Å². The molecular formula is C47H32N2O3S4. The third kappa shape index (κ3) is 5.68. The van der Waals surface area contributed by atoms with Crippen molar-refractivity contribution in [1.82, 2.24) is 9.47 Å². The molecule has 5 nitrogen and oxygen atoms in total. The smallest absolute Gasteiger partial charge is 0.323 e. The summed E-state index contributed by atoms with van der Waals surface area (Å²) < 4.78 is 2.68. The van der Waals surface area contributed by atoms with Gasteiger partial charge in [0.25, 0.3) is 5.91 Å². The average Bonchev–Trinajstić information content (AvgIpc) is 4.03. The van der Waals surface area contributed by atoms with Gasteiger partial charge in [-0.15, -0.1) is 22.7 Å². The Kier molecular flexibility index (Phi) is 8.27. The van der Waals surface area contributed by atoms with Crippen molar-refractivity contribution >= 4 is 90.7 Å². The van der Waals surface area contributed by atoms with Gasteiger partial charge in [-0.2, -0.15) is 0 Å². The van der Waals surface area contributed by atoms with Gasteiger partial charge in [0.2, 0.25) is 0 Å². The van der Waals surface area contributed by atoms with Crippen LogP contribution in [0, 0.1) is 0 Å². The van der Waals surface area contributed by atoms with Crippen LogP contribution in [0.25, 0.3) is 76.0 Å². The molecule has 1 saturated heterocycles. The summed E-state index contributed by atoms with van der Waals surface area (Å²) in [6, 6.07) is 48.4. The van der Waals surface area contributed by atoms with Crippen molar-refractivity contribution < 1.29 is 14.7 Å². The summed E-state index contributed by atoms with van der Waals surface area (Å²) >= 11 is 9.72. The molecule has 1 amide bonds. The Morgan fingerprint density at radius 3 is 2.18 bits per heavy atom. The summed E-state index contributed by atoms with van der Waals surface area (Å²) in [7, 11) is 0. The van der Waals surface area contributed by atoms with Gasteiger partial charge in [0, 0.05) is 41.4 Å². The van der Waals surface area contributed by atoms with Gasteiger partial charge < -0.3 is 9.67 Å². The number of carboxylic acid groups (broad SMARTS) is 1. The van der Waals surface area contributed by atoms with Crippen LogP contribution in [0.3, 0.4) is 0 Å². The van der Waals surface area contributed by atoms with E-state index in [-0.39, 0.29) is 15.6 Å². The number of nitrogens with zero attached hydrogens (tertiary/aromatic N) is 2. The lowest BCUT2D eigenvalue weighted by atomic mass is 9.82. The second-order valence-electron chi connectivity index (χ2n) is 14.6. The topological polar surface area (TPSA) is 62.5 Å². The molecule has 0 spiro atoms. The number of amides is 1. The number of carbonyl (C=O) groups excluding carboxylic acids is 1. The number of benzene rings is 5. The molecule has 0 bridgehead atoms. The standard InChI is InChI=1S/C47H32N2O3S4/c1-47(2)36-11-7-6-10-32(36)33-24-35-34-22-29(16-18-38(34)49(39(35)25-37(33)47)30-8-4-3-5-9-30)27-12-14-28(15-13-27)40-20-21-42(55-40)41-19-17-31(54-41)23-43-45(52)48(26-44(50)51)46(53)56-43/h3-25H,26H2,1-2H3,(H,50,51)/b43-23-. The predicted octanol–water partition coefficient (Wildman–Crippen LogP) is 12.5. The van der Waals surface area contributed by atoms with Crippen LogP contribution in [0.2, 0.25) is 0 Å². The highest BCUT2D eigenvalue weighted by atomic mass is 32.2. The molecule has 1 N–H and O–H groups in total. The lowest BCUT2D eigenvalue weighted by Gasteiger charge is -2.21. The summed E-state index contributed by atoms with van der Waals surface area (Å²) in [5.41, 5.74) is 12.4. The van der Waals surface area contributed by atoms with E-state index in [2.05, 4.69) is 146 Å². The van der Waals surface area contributed by atoms with Crippen molar-refractivity contribution in [2.75, 3.05) is 6.54 Å². The van der Waals surface area contributed by atoms with Gasteiger partial charge in [0.15, 0.2) is 0 Å². The van der Waals surface area contributed by atoms with E-state index in [0.29, 0.717) is 4.91 Å². The number of fused-ring (bicyclic) bond motifs is 6. The van der Waals surface area contributed by atoms with Crippen LogP contribution in [-0.4, -0.2) is 37.3 Å². The van der Waals surface area contributed by atoms with Crippen LogP contribution in [0.5, 0.6) is 0 Å². The molecule has 9 heteroatoms. The number of carboxylic acids is 1. The van der Waals surface area contributed by atoms with Crippen LogP contribution in [0.4, 0.5) is 0 Å². The van der Waals surface area contributed by atoms with Gasteiger partial charge in [-0.25, -0.2) is 0 Å². The van der Waals surface area contributed by atoms with Crippen LogP contribution in [-0.2, 0) is 15.0 Å². The van der Waals surface area contributed by atoms with Gasteiger partial charge in [-0.1, -0.05) is 111 Å². The van der Waals surface area contributed by atoms with Crippen LogP contribution >= 0.6 is 46.7 Å². The van der Waals surface area contributed by atoms with E-state index in [9.17, 15) is 9.59 Å². The zero-order chi connectivity index (χ0) is 38.3. The highest BCUT2D eigenvalue weighted by Crippen LogP contribution is 2.51. The maximum atomic E-state index is 12.8. The zero-order valence-corrected chi connectivity index (χ0v) is 33.5. The zero-order valence-electron chi connectivity index (χ0n) is 30.3. The molecule has 2 aliphatic rings. The van der Waals surface area contributed by atoms with Crippen molar-refractivity contribution in [3.8, 4) is 48.1 Å². The molecule has 4 heterocycles. The first-order chi connectivity index (χ1) is 27.1. The third-order valence-corrected chi connectivity index (χ3v) is 14.6. The highest BCUT2D eigenvalue weighted by Gasteiger charge is 2.36. The third-order valence-electron chi connectivity index (χ3n) is 10.9. The molecule has 8 aromatic rings. The molecular weight excluding hydrogens is 769 g/mol. The van der Waals surface area contributed by atoms with E-state index in [1.165, 1.54) is 54.5 Å². The number of aliphatic carboxylic acids is 1. The molecule has 1 fully saturated rings. The number of hydrogen-bond donors (Lipinski definition) is 1. The summed E-state index contributed by atoms with van der Waals surface area (Å²) in [5.74, 6) is -1.45. The molecule has 0 radical (unpaired) electrons. The van der Waals surface area contributed by atoms with Gasteiger partial charge in [-0.3, -0.25) is 14.5 Å². The Labute approximate surface area is 341 Å². The fraction of sp³-hybridized carbons (Fsp3) is 0.0851. The van der Waals surface area contributed by atoms with Crippen LogP contribution in [0.1, 0.15) is 29.9 Å². The lowest BCUT2D eigenvalue weighted by Crippen LogP contribution is -2.33. The normalized spacial score (nSPS) is 15.3. The van der Waals surface area contributed by atoms with Crippen LogP contribution in [0.15, 0.2) is 138 Å². The molecule has 0 unspecified atom stereocenters. The van der Waals surface area contributed by atoms with Crippen molar-refractivity contribution in [3.05, 3.63) is 154 Å². The molecule has 10 rings (SSSR count). The molecule has 0 atom stereocenters. The molecule has 56 heavy (non-hydrogen) atoms. The highest BCUT2D eigenvalue weighted by molar-refractivity contribution is 8.26. The summed E-state index contributed by atoms with van der Waals surface area (Å²) in [6.07, 6.45) is 1.80. The average molecular weight is 801 g/mol. The van der Waals surface area contributed by atoms with E-state index in [1.54, 1.807) is 28.7 Å². The van der Waals surface area contributed by atoms with Gasteiger partial charge in [0.1, 0.15) is 10.9 Å². The van der Waals surface area contributed by atoms with E-state index in [4.69, 9.17) is 17.3 Å². The van der Waals surface area contributed by atoms with E-state index in [0.717, 1.165) is 48.1 Å². The predicted molar refractivity (Wildman–Crippen MR) is 238 cm³/mol. The Morgan fingerprint density at radius 2 is 1.38 bits per heavy atom. The van der Waals surface area contributed by atoms with E-state index >= 15 is 0 Å². The number of rotatable bonds is 7. The molecule has 1 aliphatic carbocycles. The fourth-order valence-corrected chi connectivity index (χ4v) is 11.5. The first-order valence-electron chi connectivity index (χ1n) is 18.2. The van der Waals surface area contributed by atoms with Crippen molar-refractivity contribution in [3.63, 3.8) is 0 Å². The molecule has 1 aliphatic heterocycles. The summed E-state index contributed by atoms with van der Waals surface area (Å²) in [6.45, 7) is 4.25. The second kappa shape index (κ2) is 13.3. The van der Waals surface area contributed by atoms with Gasteiger partial charge in [-0.05, 0) is 106 Å². The maximum absolute atomic E-state index is 12.8. The number of aromatic nitrogens is 1. The largest absolute Gasteiger partial charge is 0.480 e. The van der Waals surface area contributed by atoms with Crippen molar-refractivity contribution in [2.24, 2.45) is 0 Å². The van der Waals surface area contributed by atoms with Crippen LogP contribution < -0.4 is 0 Å². The fourth-order valence-electron chi connectivity index (χ4n) is 8.16. The molecule has 3 aromatic heterocycles. The molecule has 272 valence electrons. The Hall–Kier alpha value is -5.58. The first-order valence-corrected chi connectivity index (χ1v) is 21.1. The molecule has 5 aromatic carbocycles. The lowest BCUT2D eigenvalue weighted by molar-refractivity contribution is -0.140. The summed E-state index contributed by atoms with van der Waals surface area (Å²) in [5, 5.41) is 11.6. The Balaban J connectivity index is 0.966. The van der Waals surface area contributed by atoms with Gasteiger partial charge >= 0.3 is 5.97 Å². The monoisotopic (exact) mass is 800 g/mol. The maximum Gasteiger partial charge on any atom is 0.323 e. The second-order valence-corrected chi connectivity index (χ2v) is 18.5. The van der Waals surface area contributed by atoms with E-state index < -0.39 is 12.5 Å².